The number of hydrogen-bond acceptors (Lipinski definition) is 4. The molecule has 1 N–H and O–H groups in total. The molecule has 1 heterocycles. The Balaban J connectivity index is 2.29. The van der Waals surface area contributed by atoms with Crippen LogP contribution in [0.15, 0.2) is 0 Å². The molecule has 1 amide bonds. The van der Waals surface area contributed by atoms with Gasteiger partial charge in [-0.2, -0.15) is 0 Å². The van der Waals surface area contributed by atoms with Gasteiger partial charge in [-0.25, -0.2) is 4.79 Å². The number of esters is 1. The highest BCUT2D eigenvalue weighted by molar-refractivity contribution is 9.09. The van der Waals surface area contributed by atoms with Crippen molar-refractivity contribution in [1.29, 1.82) is 0 Å². The first kappa shape index (κ1) is 16.3. The number of likely N-dealkylation sites (tertiary alicyclic amines) is 1. The molecule has 2 fully saturated rings. The molecule has 0 radical (unpaired) electrons. The van der Waals surface area contributed by atoms with Crippen molar-refractivity contribution in [2.75, 3.05) is 5.33 Å². The van der Waals surface area contributed by atoms with Crippen LogP contribution in [0, 0.1) is 5.92 Å². The largest absolute Gasteiger partial charge is 0.480 e. The fourth-order valence-corrected chi connectivity index (χ4v) is 4.08. The molecule has 0 aromatic carbocycles. The summed E-state index contributed by atoms with van der Waals surface area (Å²) in [5.41, 5.74) is 0. The maximum absolute atomic E-state index is 12.6. The number of ether oxygens (including phenoxy) is 1. The Labute approximate surface area is 131 Å². The molecule has 1 saturated carbocycles. The molecular formula is C14H20BrNO5. The third-order valence-corrected chi connectivity index (χ3v) is 5.03. The SMILES string of the molecule is CC(=O)O[C@@H]1C(=O)N(C2CCCCC2)[C@H](C(=O)O)[C@H]1CBr. The number of halogens is 1. The number of nitrogens with zero attached hydrogens (tertiary/aromatic N) is 1. The van der Waals surface area contributed by atoms with Gasteiger partial charge in [0.1, 0.15) is 6.04 Å². The Morgan fingerprint density at radius 2 is 1.95 bits per heavy atom. The lowest BCUT2D eigenvalue weighted by Gasteiger charge is -2.34. The first-order valence-corrected chi connectivity index (χ1v) is 8.37. The number of alkyl halides is 1. The Kier molecular flexibility index (Phi) is 5.24. The van der Waals surface area contributed by atoms with E-state index in [4.69, 9.17) is 4.74 Å². The van der Waals surface area contributed by atoms with Crippen molar-refractivity contribution >= 4 is 33.8 Å². The first-order chi connectivity index (χ1) is 9.97. The second kappa shape index (κ2) is 6.77. The zero-order chi connectivity index (χ0) is 15.6. The number of hydrogen-bond donors (Lipinski definition) is 1. The maximum atomic E-state index is 12.6. The van der Waals surface area contributed by atoms with Crippen LogP contribution < -0.4 is 0 Å². The summed E-state index contributed by atoms with van der Waals surface area (Å²) >= 11 is 3.26. The number of carboxylic acids is 1. The van der Waals surface area contributed by atoms with E-state index in [2.05, 4.69) is 15.9 Å². The second-order valence-electron chi connectivity index (χ2n) is 5.67. The lowest BCUT2D eigenvalue weighted by Crippen LogP contribution is -2.48. The monoisotopic (exact) mass is 361 g/mol. The zero-order valence-corrected chi connectivity index (χ0v) is 13.5. The van der Waals surface area contributed by atoms with Crippen molar-refractivity contribution in [2.24, 2.45) is 5.92 Å². The van der Waals surface area contributed by atoms with Gasteiger partial charge in [-0.3, -0.25) is 9.59 Å². The summed E-state index contributed by atoms with van der Waals surface area (Å²) in [6.45, 7) is 1.23. The summed E-state index contributed by atoms with van der Waals surface area (Å²) in [5, 5.41) is 9.83. The molecule has 0 unspecified atom stereocenters. The fraction of sp³-hybridized carbons (Fsp3) is 0.786. The molecule has 0 aromatic rings. The maximum Gasteiger partial charge on any atom is 0.326 e. The quantitative estimate of drug-likeness (QED) is 0.606. The molecule has 118 valence electrons. The van der Waals surface area contributed by atoms with E-state index in [1.165, 1.54) is 11.8 Å². The normalized spacial score (nSPS) is 30.5. The average molecular weight is 362 g/mol. The summed E-state index contributed by atoms with van der Waals surface area (Å²) < 4.78 is 5.10. The minimum atomic E-state index is -1.03. The van der Waals surface area contributed by atoms with Crippen molar-refractivity contribution in [1.82, 2.24) is 4.90 Å². The summed E-state index contributed by atoms with van der Waals surface area (Å²) in [5.74, 6) is -2.52. The Hall–Kier alpha value is -1.11. The van der Waals surface area contributed by atoms with Gasteiger partial charge in [0.2, 0.25) is 0 Å². The molecule has 2 rings (SSSR count). The van der Waals surface area contributed by atoms with Crippen LogP contribution in [0.2, 0.25) is 0 Å². The van der Waals surface area contributed by atoms with Crippen molar-refractivity contribution in [3.63, 3.8) is 0 Å². The fourth-order valence-electron chi connectivity index (χ4n) is 3.39. The van der Waals surface area contributed by atoms with E-state index in [-0.39, 0.29) is 11.9 Å². The number of aliphatic carboxylic acids is 1. The highest BCUT2D eigenvalue weighted by Crippen LogP contribution is 2.36. The van der Waals surface area contributed by atoms with Crippen LogP contribution in [0.25, 0.3) is 0 Å². The van der Waals surface area contributed by atoms with E-state index in [0.717, 1.165) is 32.1 Å². The molecule has 2 aliphatic rings. The highest BCUT2D eigenvalue weighted by atomic mass is 79.9. The van der Waals surface area contributed by atoms with Crippen LogP contribution >= 0.6 is 15.9 Å². The van der Waals surface area contributed by atoms with E-state index < -0.39 is 30.0 Å². The number of carbonyl (C=O) groups is 3. The van der Waals surface area contributed by atoms with Gasteiger partial charge in [-0.05, 0) is 12.8 Å². The van der Waals surface area contributed by atoms with E-state index in [9.17, 15) is 19.5 Å². The molecular weight excluding hydrogens is 342 g/mol. The van der Waals surface area contributed by atoms with E-state index >= 15 is 0 Å². The first-order valence-electron chi connectivity index (χ1n) is 7.25. The summed E-state index contributed by atoms with van der Waals surface area (Å²) in [4.78, 5) is 36.9. The van der Waals surface area contributed by atoms with Gasteiger partial charge < -0.3 is 14.7 Å². The predicted octanol–water partition coefficient (Wildman–Crippen LogP) is 1.56. The average Bonchev–Trinajstić information content (AvgIpc) is 2.72. The third kappa shape index (κ3) is 3.22. The van der Waals surface area contributed by atoms with Crippen molar-refractivity contribution < 1.29 is 24.2 Å². The van der Waals surface area contributed by atoms with Gasteiger partial charge in [-0.15, -0.1) is 0 Å². The molecule has 3 atom stereocenters. The predicted molar refractivity (Wildman–Crippen MR) is 78.0 cm³/mol. The van der Waals surface area contributed by atoms with Crippen LogP contribution in [-0.2, 0) is 19.1 Å². The van der Waals surface area contributed by atoms with Crippen LogP contribution in [0.4, 0.5) is 0 Å². The molecule has 0 bridgehead atoms. The molecule has 21 heavy (non-hydrogen) atoms. The van der Waals surface area contributed by atoms with Gasteiger partial charge in [0.15, 0.2) is 6.10 Å². The Morgan fingerprint density at radius 1 is 1.33 bits per heavy atom. The van der Waals surface area contributed by atoms with E-state index in [0.29, 0.717) is 5.33 Å². The van der Waals surface area contributed by atoms with Gasteiger partial charge in [0.05, 0.1) is 0 Å². The van der Waals surface area contributed by atoms with Crippen molar-refractivity contribution in [3.8, 4) is 0 Å². The van der Waals surface area contributed by atoms with Gasteiger partial charge in [0.25, 0.3) is 5.91 Å². The van der Waals surface area contributed by atoms with E-state index in [1.54, 1.807) is 0 Å². The van der Waals surface area contributed by atoms with Gasteiger partial charge in [0, 0.05) is 24.2 Å². The molecule has 7 heteroatoms. The summed E-state index contributed by atoms with van der Waals surface area (Å²) in [7, 11) is 0. The van der Waals surface area contributed by atoms with Crippen LogP contribution in [0.3, 0.4) is 0 Å². The lowest BCUT2D eigenvalue weighted by atomic mass is 9.93. The lowest BCUT2D eigenvalue weighted by molar-refractivity contribution is -0.156. The number of carboxylic acid groups (broad SMARTS) is 1. The van der Waals surface area contributed by atoms with Gasteiger partial charge >= 0.3 is 11.9 Å². The molecule has 1 saturated heterocycles. The molecule has 6 nitrogen and oxygen atoms in total. The van der Waals surface area contributed by atoms with Crippen molar-refractivity contribution in [3.05, 3.63) is 0 Å². The minimum absolute atomic E-state index is 0.0607. The Bertz CT molecular complexity index is 435. The third-order valence-electron chi connectivity index (χ3n) is 4.28. The van der Waals surface area contributed by atoms with Crippen LogP contribution in [0.1, 0.15) is 39.0 Å². The topological polar surface area (TPSA) is 83.9 Å². The second-order valence-corrected chi connectivity index (χ2v) is 6.32. The van der Waals surface area contributed by atoms with Crippen molar-refractivity contribution in [2.45, 2.75) is 57.2 Å². The summed E-state index contributed by atoms with van der Waals surface area (Å²) in [6, 6.07) is -0.987. The smallest absolute Gasteiger partial charge is 0.326 e. The number of carbonyl (C=O) groups excluding carboxylic acids is 2. The molecule has 1 aliphatic heterocycles. The minimum Gasteiger partial charge on any atom is -0.480 e. The standard InChI is InChI=1S/C14H20BrNO5/c1-8(17)21-12-10(7-15)11(14(19)20)16(13(12)18)9-5-3-2-4-6-9/h9-12H,2-7H2,1H3,(H,19,20)/t10-,11+,12+/m1/s1. The Morgan fingerprint density at radius 3 is 2.43 bits per heavy atom. The van der Waals surface area contributed by atoms with Crippen LogP contribution in [0.5, 0.6) is 0 Å². The summed E-state index contributed by atoms with van der Waals surface area (Å²) in [6.07, 6.45) is 3.75. The zero-order valence-electron chi connectivity index (χ0n) is 12.0. The molecule has 0 aromatic heterocycles. The molecule has 0 spiro atoms. The highest BCUT2D eigenvalue weighted by Gasteiger charge is 2.54. The molecule has 1 aliphatic carbocycles. The number of amides is 1. The van der Waals surface area contributed by atoms with Crippen LogP contribution in [-0.4, -0.2) is 51.4 Å². The number of rotatable bonds is 4. The van der Waals surface area contributed by atoms with E-state index in [1.807, 2.05) is 0 Å². The van der Waals surface area contributed by atoms with Gasteiger partial charge in [-0.1, -0.05) is 35.2 Å².